The molecule has 1 atom stereocenters. The Kier molecular flexibility index (Phi) is 4.86. The molecule has 1 fully saturated rings. The first-order valence-corrected chi connectivity index (χ1v) is 5.98. The highest BCUT2D eigenvalue weighted by Crippen LogP contribution is 2.24. The predicted octanol–water partition coefficient (Wildman–Crippen LogP) is 3.32. The van der Waals surface area contributed by atoms with Crippen LogP contribution in [0.25, 0.3) is 0 Å². The lowest BCUT2D eigenvalue weighted by atomic mass is 9.95. The summed E-state index contributed by atoms with van der Waals surface area (Å²) in [5.41, 5.74) is 0. The molecule has 1 unspecified atom stereocenters. The molecule has 0 bridgehead atoms. The molecular weight excluding hydrogens is 188 g/mol. The minimum Gasteiger partial charge on any atom is -0.462 e. The van der Waals surface area contributed by atoms with Gasteiger partial charge in [-0.3, -0.25) is 4.79 Å². The standard InChI is InChI=1S/C13H22O2/c1-4-7-12(10(2)3)13(14)15-11-8-5-6-9-11/h4,7,10-12H,5-6,8-9H2,1-3H3/b7-4-. The van der Waals surface area contributed by atoms with Crippen LogP contribution in [0.2, 0.25) is 0 Å². The summed E-state index contributed by atoms with van der Waals surface area (Å²) in [5.74, 6) is 0.195. The van der Waals surface area contributed by atoms with E-state index in [4.69, 9.17) is 4.74 Å². The number of ether oxygens (including phenoxy) is 1. The molecule has 0 saturated heterocycles. The fourth-order valence-electron chi connectivity index (χ4n) is 2.03. The largest absolute Gasteiger partial charge is 0.462 e. The van der Waals surface area contributed by atoms with E-state index in [0.29, 0.717) is 5.92 Å². The second-order valence-electron chi connectivity index (χ2n) is 4.64. The van der Waals surface area contributed by atoms with Gasteiger partial charge in [-0.25, -0.2) is 0 Å². The molecule has 1 saturated carbocycles. The van der Waals surface area contributed by atoms with Crippen LogP contribution in [0.5, 0.6) is 0 Å². The molecule has 0 aromatic rings. The van der Waals surface area contributed by atoms with Gasteiger partial charge in [-0.05, 0) is 38.5 Å². The van der Waals surface area contributed by atoms with Gasteiger partial charge >= 0.3 is 5.97 Å². The highest BCUT2D eigenvalue weighted by molar-refractivity contribution is 5.74. The molecule has 1 aliphatic rings. The van der Waals surface area contributed by atoms with E-state index in [1.54, 1.807) is 0 Å². The Bertz CT molecular complexity index is 225. The zero-order valence-corrected chi connectivity index (χ0v) is 10.0. The molecule has 0 aromatic heterocycles. The van der Waals surface area contributed by atoms with Gasteiger partial charge in [0, 0.05) is 0 Å². The fourth-order valence-corrected chi connectivity index (χ4v) is 2.03. The van der Waals surface area contributed by atoms with Crippen molar-refractivity contribution >= 4 is 5.97 Å². The number of hydrogen-bond donors (Lipinski definition) is 0. The molecule has 86 valence electrons. The Morgan fingerprint density at radius 3 is 2.40 bits per heavy atom. The van der Waals surface area contributed by atoms with Crippen molar-refractivity contribution < 1.29 is 9.53 Å². The van der Waals surface area contributed by atoms with Crippen molar-refractivity contribution in [3.05, 3.63) is 12.2 Å². The summed E-state index contributed by atoms with van der Waals surface area (Å²) < 4.78 is 5.50. The van der Waals surface area contributed by atoms with Gasteiger partial charge in [0.25, 0.3) is 0 Å². The van der Waals surface area contributed by atoms with Crippen LogP contribution in [0.15, 0.2) is 12.2 Å². The maximum atomic E-state index is 11.9. The lowest BCUT2D eigenvalue weighted by Crippen LogP contribution is -2.24. The third-order valence-corrected chi connectivity index (χ3v) is 2.98. The van der Waals surface area contributed by atoms with E-state index < -0.39 is 0 Å². The van der Waals surface area contributed by atoms with Crippen LogP contribution in [0.3, 0.4) is 0 Å². The first kappa shape index (κ1) is 12.3. The minimum atomic E-state index is -0.0735. The minimum absolute atomic E-state index is 0.0463. The molecule has 0 amide bonds. The van der Waals surface area contributed by atoms with E-state index in [2.05, 4.69) is 13.8 Å². The van der Waals surface area contributed by atoms with Crippen LogP contribution in [0.1, 0.15) is 46.5 Å². The number of hydrogen-bond acceptors (Lipinski definition) is 2. The first-order chi connectivity index (χ1) is 7.15. The smallest absolute Gasteiger partial charge is 0.313 e. The van der Waals surface area contributed by atoms with Crippen molar-refractivity contribution in [1.82, 2.24) is 0 Å². The SMILES string of the molecule is C/C=C\C(C(=O)OC1CCCC1)C(C)C. The van der Waals surface area contributed by atoms with Crippen LogP contribution in [0.4, 0.5) is 0 Å². The maximum Gasteiger partial charge on any atom is 0.313 e. The topological polar surface area (TPSA) is 26.3 Å². The number of carbonyl (C=O) groups is 1. The Morgan fingerprint density at radius 2 is 1.93 bits per heavy atom. The Morgan fingerprint density at radius 1 is 1.33 bits per heavy atom. The molecule has 0 radical (unpaired) electrons. The molecule has 2 nitrogen and oxygen atoms in total. The van der Waals surface area contributed by atoms with E-state index in [0.717, 1.165) is 12.8 Å². The van der Waals surface area contributed by atoms with Gasteiger partial charge in [-0.1, -0.05) is 26.0 Å². The molecule has 0 spiro atoms. The lowest BCUT2D eigenvalue weighted by Gasteiger charge is -2.19. The number of carbonyl (C=O) groups excluding carboxylic acids is 1. The van der Waals surface area contributed by atoms with Crippen molar-refractivity contribution in [2.75, 3.05) is 0 Å². The summed E-state index contributed by atoms with van der Waals surface area (Å²) in [7, 11) is 0. The van der Waals surface area contributed by atoms with E-state index in [1.807, 2.05) is 19.1 Å². The van der Waals surface area contributed by atoms with Gasteiger partial charge in [0.15, 0.2) is 0 Å². The average Bonchev–Trinajstić information content (AvgIpc) is 2.65. The highest BCUT2D eigenvalue weighted by Gasteiger charge is 2.25. The van der Waals surface area contributed by atoms with Crippen molar-refractivity contribution in [2.24, 2.45) is 11.8 Å². The molecule has 15 heavy (non-hydrogen) atoms. The van der Waals surface area contributed by atoms with Crippen LogP contribution in [-0.2, 0) is 9.53 Å². The first-order valence-electron chi connectivity index (χ1n) is 5.98. The molecule has 1 rings (SSSR count). The summed E-state index contributed by atoms with van der Waals surface area (Å²) in [5, 5.41) is 0. The molecule has 2 heteroatoms. The molecular formula is C13H22O2. The normalized spacial score (nSPS) is 20.0. The van der Waals surface area contributed by atoms with Crippen molar-refractivity contribution in [3.8, 4) is 0 Å². The predicted molar refractivity (Wildman–Crippen MR) is 61.5 cm³/mol. The van der Waals surface area contributed by atoms with Crippen LogP contribution in [-0.4, -0.2) is 12.1 Å². The number of rotatable bonds is 4. The fraction of sp³-hybridized carbons (Fsp3) is 0.769. The average molecular weight is 210 g/mol. The molecule has 0 aromatic carbocycles. The summed E-state index contributed by atoms with van der Waals surface area (Å²) in [6.45, 7) is 6.05. The van der Waals surface area contributed by atoms with Gasteiger partial charge in [-0.15, -0.1) is 0 Å². The van der Waals surface area contributed by atoms with Crippen molar-refractivity contribution in [2.45, 2.75) is 52.6 Å². The monoisotopic (exact) mass is 210 g/mol. The molecule has 0 N–H and O–H groups in total. The van der Waals surface area contributed by atoms with E-state index in [-0.39, 0.29) is 18.0 Å². The second kappa shape index (κ2) is 5.94. The van der Waals surface area contributed by atoms with Crippen LogP contribution >= 0.6 is 0 Å². The third kappa shape index (κ3) is 3.69. The Hall–Kier alpha value is -0.790. The highest BCUT2D eigenvalue weighted by atomic mass is 16.5. The van der Waals surface area contributed by atoms with Crippen molar-refractivity contribution in [1.29, 1.82) is 0 Å². The van der Waals surface area contributed by atoms with Gasteiger partial charge in [-0.2, -0.15) is 0 Å². The van der Waals surface area contributed by atoms with Gasteiger partial charge in [0.2, 0.25) is 0 Å². The van der Waals surface area contributed by atoms with Crippen LogP contribution < -0.4 is 0 Å². The zero-order valence-electron chi connectivity index (χ0n) is 10.0. The Labute approximate surface area is 92.7 Å². The maximum absolute atomic E-state index is 11.9. The second-order valence-corrected chi connectivity index (χ2v) is 4.64. The zero-order chi connectivity index (χ0) is 11.3. The lowest BCUT2D eigenvalue weighted by molar-refractivity contribution is -0.153. The van der Waals surface area contributed by atoms with Gasteiger partial charge in [0.1, 0.15) is 6.10 Å². The van der Waals surface area contributed by atoms with Crippen LogP contribution in [0, 0.1) is 11.8 Å². The molecule has 1 aliphatic carbocycles. The number of esters is 1. The van der Waals surface area contributed by atoms with Gasteiger partial charge < -0.3 is 4.74 Å². The van der Waals surface area contributed by atoms with E-state index in [1.165, 1.54) is 12.8 Å². The van der Waals surface area contributed by atoms with E-state index in [9.17, 15) is 4.79 Å². The number of allylic oxidation sites excluding steroid dienone is 1. The van der Waals surface area contributed by atoms with Crippen molar-refractivity contribution in [3.63, 3.8) is 0 Å². The quantitative estimate of drug-likeness (QED) is 0.525. The summed E-state index contributed by atoms with van der Waals surface area (Å²) in [6.07, 6.45) is 8.56. The Balaban J connectivity index is 2.48. The molecule has 0 heterocycles. The summed E-state index contributed by atoms with van der Waals surface area (Å²) in [6, 6.07) is 0. The molecule has 0 aliphatic heterocycles. The van der Waals surface area contributed by atoms with E-state index >= 15 is 0 Å². The summed E-state index contributed by atoms with van der Waals surface area (Å²) in [4.78, 5) is 11.9. The third-order valence-electron chi connectivity index (χ3n) is 2.98. The van der Waals surface area contributed by atoms with Gasteiger partial charge in [0.05, 0.1) is 5.92 Å². The summed E-state index contributed by atoms with van der Waals surface area (Å²) >= 11 is 0.